The third kappa shape index (κ3) is 4.71. The van der Waals surface area contributed by atoms with E-state index in [-0.39, 0.29) is 6.04 Å². The molecule has 2 aromatic carbocycles. The van der Waals surface area contributed by atoms with Crippen molar-refractivity contribution in [2.24, 2.45) is 5.73 Å². The number of ether oxygens (including phenoxy) is 1. The van der Waals surface area contributed by atoms with E-state index in [1.165, 1.54) is 5.56 Å². The topological polar surface area (TPSA) is 35.2 Å². The fourth-order valence-electron chi connectivity index (χ4n) is 2.13. The van der Waals surface area contributed by atoms with E-state index in [1.54, 1.807) is 0 Å². The Morgan fingerprint density at radius 1 is 0.950 bits per heavy atom. The molecule has 1 unspecified atom stereocenters. The van der Waals surface area contributed by atoms with Gasteiger partial charge in [0.1, 0.15) is 5.75 Å². The zero-order valence-corrected chi connectivity index (χ0v) is 12.1. The molecule has 0 aliphatic carbocycles. The van der Waals surface area contributed by atoms with Gasteiger partial charge in [-0.15, -0.1) is 0 Å². The standard InChI is InChI=1S/C18H23NO/c1-15(19)17-10-12-18(13-11-17)20-14-6-5-9-16-7-3-2-4-8-16/h2-4,7-8,10-13,15H,5-6,9,14,19H2,1H3. The summed E-state index contributed by atoms with van der Waals surface area (Å²) in [5.41, 5.74) is 8.36. The van der Waals surface area contributed by atoms with Crippen molar-refractivity contribution < 1.29 is 4.74 Å². The van der Waals surface area contributed by atoms with Crippen LogP contribution in [-0.4, -0.2) is 6.61 Å². The summed E-state index contributed by atoms with van der Waals surface area (Å²) in [4.78, 5) is 0. The maximum atomic E-state index is 5.82. The van der Waals surface area contributed by atoms with Gasteiger partial charge in [-0.1, -0.05) is 42.5 Å². The lowest BCUT2D eigenvalue weighted by atomic mass is 10.1. The van der Waals surface area contributed by atoms with Crippen LogP contribution in [0.1, 0.15) is 36.9 Å². The normalized spacial score (nSPS) is 12.1. The van der Waals surface area contributed by atoms with Crippen molar-refractivity contribution in [3.8, 4) is 5.75 Å². The van der Waals surface area contributed by atoms with Crippen LogP contribution in [0.5, 0.6) is 5.75 Å². The molecule has 0 aliphatic heterocycles. The van der Waals surface area contributed by atoms with Gasteiger partial charge in [0.05, 0.1) is 6.61 Å². The molecule has 0 aromatic heterocycles. The van der Waals surface area contributed by atoms with Crippen LogP contribution >= 0.6 is 0 Å². The van der Waals surface area contributed by atoms with Crippen LogP contribution in [0, 0.1) is 0 Å². The first kappa shape index (κ1) is 14.6. The molecule has 0 heterocycles. The molecule has 0 spiro atoms. The molecule has 0 bridgehead atoms. The molecule has 0 radical (unpaired) electrons. The van der Waals surface area contributed by atoms with E-state index >= 15 is 0 Å². The summed E-state index contributed by atoms with van der Waals surface area (Å²) in [6.07, 6.45) is 3.35. The Morgan fingerprint density at radius 2 is 1.65 bits per heavy atom. The minimum atomic E-state index is 0.0786. The second-order valence-corrected chi connectivity index (χ2v) is 5.15. The fourth-order valence-corrected chi connectivity index (χ4v) is 2.13. The van der Waals surface area contributed by atoms with E-state index in [2.05, 4.69) is 30.3 Å². The van der Waals surface area contributed by atoms with Crippen LogP contribution < -0.4 is 10.5 Å². The predicted molar refractivity (Wildman–Crippen MR) is 83.9 cm³/mol. The second kappa shape index (κ2) is 7.71. The zero-order chi connectivity index (χ0) is 14.2. The summed E-state index contributed by atoms with van der Waals surface area (Å²) < 4.78 is 5.74. The van der Waals surface area contributed by atoms with Gasteiger partial charge < -0.3 is 10.5 Å². The summed E-state index contributed by atoms with van der Waals surface area (Å²) in [7, 11) is 0. The van der Waals surface area contributed by atoms with Gasteiger partial charge >= 0.3 is 0 Å². The SMILES string of the molecule is CC(N)c1ccc(OCCCCc2ccccc2)cc1. The van der Waals surface area contributed by atoms with Crippen LogP contribution in [0.15, 0.2) is 54.6 Å². The zero-order valence-electron chi connectivity index (χ0n) is 12.1. The highest BCUT2D eigenvalue weighted by Crippen LogP contribution is 2.16. The lowest BCUT2D eigenvalue weighted by molar-refractivity contribution is 0.307. The van der Waals surface area contributed by atoms with Crippen molar-refractivity contribution in [1.29, 1.82) is 0 Å². The van der Waals surface area contributed by atoms with Crippen molar-refractivity contribution in [2.45, 2.75) is 32.2 Å². The van der Waals surface area contributed by atoms with Crippen molar-refractivity contribution in [1.82, 2.24) is 0 Å². The third-order valence-corrected chi connectivity index (χ3v) is 3.38. The molecule has 2 nitrogen and oxygen atoms in total. The molecule has 106 valence electrons. The molecular formula is C18H23NO. The Balaban J connectivity index is 1.66. The molecule has 0 aliphatic rings. The van der Waals surface area contributed by atoms with Crippen molar-refractivity contribution in [2.75, 3.05) is 6.61 Å². The van der Waals surface area contributed by atoms with E-state index in [0.29, 0.717) is 0 Å². The number of unbranched alkanes of at least 4 members (excludes halogenated alkanes) is 1. The highest BCUT2D eigenvalue weighted by molar-refractivity contribution is 5.28. The highest BCUT2D eigenvalue weighted by atomic mass is 16.5. The Kier molecular flexibility index (Phi) is 5.63. The monoisotopic (exact) mass is 269 g/mol. The molecule has 0 fully saturated rings. The minimum absolute atomic E-state index is 0.0786. The number of benzene rings is 2. The molecule has 0 saturated carbocycles. The largest absolute Gasteiger partial charge is 0.494 e. The predicted octanol–water partition coefficient (Wildman–Crippen LogP) is 4.11. The maximum absolute atomic E-state index is 5.82. The number of aryl methyl sites for hydroxylation is 1. The van der Waals surface area contributed by atoms with Gasteiger partial charge in [-0.05, 0) is 49.4 Å². The molecule has 0 amide bonds. The first-order valence-electron chi connectivity index (χ1n) is 7.28. The number of rotatable bonds is 7. The second-order valence-electron chi connectivity index (χ2n) is 5.15. The van der Waals surface area contributed by atoms with E-state index in [0.717, 1.165) is 37.2 Å². The summed E-state index contributed by atoms with van der Waals surface area (Å²) in [5, 5.41) is 0. The van der Waals surface area contributed by atoms with Crippen LogP contribution in [0.4, 0.5) is 0 Å². The van der Waals surface area contributed by atoms with Crippen LogP contribution in [0.25, 0.3) is 0 Å². The molecule has 2 heteroatoms. The average molecular weight is 269 g/mol. The summed E-state index contributed by atoms with van der Waals surface area (Å²) >= 11 is 0. The van der Waals surface area contributed by atoms with E-state index < -0.39 is 0 Å². The third-order valence-electron chi connectivity index (χ3n) is 3.38. The van der Waals surface area contributed by atoms with Gasteiger partial charge in [-0.3, -0.25) is 0 Å². The lowest BCUT2D eigenvalue weighted by Crippen LogP contribution is -2.04. The number of hydrogen-bond donors (Lipinski definition) is 1. The Labute approximate surface area is 121 Å². The molecule has 0 saturated heterocycles. The average Bonchev–Trinajstić information content (AvgIpc) is 2.48. The lowest BCUT2D eigenvalue weighted by Gasteiger charge is -2.09. The molecule has 1 atom stereocenters. The Morgan fingerprint density at radius 3 is 2.30 bits per heavy atom. The Bertz CT molecular complexity index is 491. The van der Waals surface area contributed by atoms with Gasteiger partial charge in [-0.2, -0.15) is 0 Å². The number of hydrogen-bond acceptors (Lipinski definition) is 2. The van der Waals surface area contributed by atoms with Crippen LogP contribution in [-0.2, 0) is 6.42 Å². The maximum Gasteiger partial charge on any atom is 0.119 e. The smallest absolute Gasteiger partial charge is 0.119 e. The van der Waals surface area contributed by atoms with Gasteiger partial charge in [0.25, 0.3) is 0 Å². The minimum Gasteiger partial charge on any atom is -0.494 e. The highest BCUT2D eigenvalue weighted by Gasteiger charge is 1.99. The van der Waals surface area contributed by atoms with E-state index in [1.807, 2.05) is 31.2 Å². The first-order valence-corrected chi connectivity index (χ1v) is 7.28. The first-order chi connectivity index (χ1) is 9.75. The molecular weight excluding hydrogens is 246 g/mol. The summed E-state index contributed by atoms with van der Waals surface area (Å²) in [5.74, 6) is 0.925. The van der Waals surface area contributed by atoms with Gasteiger partial charge in [-0.25, -0.2) is 0 Å². The van der Waals surface area contributed by atoms with Gasteiger partial charge in [0.15, 0.2) is 0 Å². The van der Waals surface area contributed by atoms with Crippen molar-refractivity contribution in [3.05, 3.63) is 65.7 Å². The summed E-state index contributed by atoms with van der Waals surface area (Å²) in [6.45, 7) is 2.75. The quantitative estimate of drug-likeness (QED) is 0.768. The fraction of sp³-hybridized carbons (Fsp3) is 0.333. The van der Waals surface area contributed by atoms with Gasteiger partial charge in [0, 0.05) is 6.04 Å². The molecule has 20 heavy (non-hydrogen) atoms. The summed E-state index contributed by atoms with van der Waals surface area (Å²) in [6, 6.07) is 18.7. The number of nitrogens with two attached hydrogens (primary N) is 1. The molecule has 2 aromatic rings. The van der Waals surface area contributed by atoms with E-state index in [9.17, 15) is 0 Å². The van der Waals surface area contributed by atoms with Crippen molar-refractivity contribution >= 4 is 0 Å². The molecule has 2 N–H and O–H groups in total. The van der Waals surface area contributed by atoms with Crippen LogP contribution in [0.3, 0.4) is 0 Å². The van der Waals surface area contributed by atoms with Gasteiger partial charge in [0.2, 0.25) is 0 Å². The van der Waals surface area contributed by atoms with E-state index in [4.69, 9.17) is 10.5 Å². The van der Waals surface area contributed by atoms with Crippen molar-refractivity contribution in [3.63, 3.8) is 0 Å². The Hall–Kier alpha value is -1.80. The molecule has 2 rings (SSSR count). The van der Waals surface area contributed by atoms with Crippen LogP contribution in [0.2, 0.25) is 0 Å².